The average molecular weight is 178 g/mol. The number of hydrogen-bond donors (Lipinski definition) is 1. The molecule has 0 aromatic rings. The van der Waals surface area contributed by atoms with Gasteiger partial charge in [-0.05, 0) is 0 Å². The summed E-state index contributed by atoms with van der Waals surface area (Å²) < 4.78 is 18.2. The maximum atomic E-state index is 11.0. The van der Waals surface area contributed by atoms with Gasteiger partial charge in [-0.3, -0.25) is 0 Å². The Bertz CT molecular complexity index is 154. The second-order valence-electron chi connectivity index (χ2n) is 2.54. The Labute approximate surface area is 69.3 Å². The summed E-state index contributed by atoms with van der Waals surface area (Å²) in [5.41, 5.74) is 5.41. The molecule has 1 rings (SSSR count). The van der Waals surface area contributed by atoms with E-state index in [1.807, 2.05) is 4.31 Å². The quantitative estimate of drug-likeness (QED) is 0.586. The Morgan fingerprint density at radius 3 is 3.09 bits per heavy atom. The van der Waals surface area contributed by atoms with Crippen LogP contribution in [0.25, 0.3) is 0 Å². The highest BCUT2D eigenvalue weighted by atomic mass is 32.2. The average Bonchev–Trinajstić information content (AvgIpc) is 2.05. The second kappa shape index (κ2) is 4.15. The number of nitrogens with zero attached hydrogens (tertiary/aromatic N) is 1. The van der Waals surface area contributed by atoms with E-state index in [-0.39, 0.29) is 6.10 Å². The summed E-state index contributed by atoms with van der Waals surface area (Å²) >= 11 is 0. The zero-order valence-electron chi connectivity index (χ0n) is 6.66. The van der Waals surface area contributed by atoms with E-state index in [1.165, 1.54) is 0 Å². The van der Waals surface area contributed by atoms with E-state index in [1.54, 1.807) is 6.26 Å². The minimum atomic E-state index is -0.877. The molecule has 1 aliphatic heterocycles. The van der Waals surface area contributed by atoms with Crippen LogP contribution in [0, 0.1) is 0 Å². The predicted octanol–water partition coefficient (Wildman–Crippen LogP) is -1.06. The summed E-state index contributed by atoms with van der Waals surface area (Å²) in [5, 5.41) is 0. The standard InChI is InChI=1S/C6H14N2O2S/c1-11(9)8-2-3-10-6(4-7)5-8/h6H,2-5,7H2,1H3. The molecule has 1 fully saturated rings. The van der Waals surface area contributed by atoms with Crippen LogP contribution >= 0.6 is 0 Å². The van der Waals surface area contributed by atoms with Crippen molar-refractivity contribution in [1.82, 2.24) is 4.31 Å². The van der Waals surface area contributed by atoms with Gasteiger partial charge in [-0.2, -0.15) is 0 Å². The molecule has 2 unspecified atom stereocenters. The lowest BCUT2D eigenvalue weighted by molar-refractivity contribution is 0.00622. The molecule has 0 amide bonds. The fourth-order valence-corrected chi connectivity index (χ4v) is 1.78. The molecule has 0 bridgehead atoms. The van der Waals surface area contributed by atoms with Gasteiger partial charge >= 0.3 is 0 Å². The van der Waals surface area contributed by atoms with E-state index in [2.05, 4.69) is 0 Å². The normalized spacial score (nSPS) is 30.2. The molecule has 4 nitrogen and oxygen atoms in total. The Morgan fingerprint density at radius 1 is 1.82 bits per heavy atom. The summed E-state index contributed by atoms with van der Waals surface area (Å²) in [5.74, 6) is 0. The summed E-state index contributed by atoms with van der Waals surface area (Å²) in [7, 11) is -0.877. The first-order chi connectivity index (χ1) is 5.24. The minimum Gasteiger partial charge on any atom is -0.374 e. The molecule has 1 heterocycles. The van der Waals surface area contributed by atoms with Crippen molar-refractivity contribution in [3.8, 4) is 0 Å². The largest absolute Gasteiger partial charge is 0.374 e. The molecule has 0 saturated carbocycles. The van der Waals surface area contributed by atoms with Gasteiger partial charge in [0.15, 0.2) is 0 Å². The van der Waals surface area contributed by atoms with Crippen LogP contribution < -0.4 is 5.73 Å². The molecule has 0 aliphatic carbocycles. The first-order valence-electron chi connectivity index (χ1n) is 3.64. The van der Waals surface area contributed by atoms with Crippen LogP contribution in [0.1, 0.15) is 0 Å². The van der Waals surface area contributed by atoms with E-state index in [0.717, 1.165) is 6.54 Å². The van der Waals surface area contributed by atoms with E-state index in [0.29, 0.717) is 19.7 Å². The number of nitrogens with two attached hydrogens (primary N) is 1. The van der Waals surface area contributed by atoms with Gasteiger partial charge in [-0.15, -0.1) is 0 Å². The van der Waals surface area contributed by atoms with Crippen molar-refractivity contribution < 1.29 is 8.95 Å². The first kappa shape index (κ1) is 9.12. The molecule has 5 heteroatoms. The summed E-state index contributed by atoms with van der Waals surface area (Å²) in [6.07, 6.45) is 1.74. The van der Waals surface area contributed by atoms with E-state index in [4.69, 9.17) is 10.5 Å². The van der Waals surface area contributed by atoms with Crippen LogP contribution in [0.4, 0.5) is 0 Å². The molecule has 2 N–H and O–H groups in total. The van der Waals surface area contributed by atoms with Gasteiger partial charge in [-0.1, -0.05) is 0 Å². The Morgan fingerprint density at radius 2 is 2.55 bits per heavy atom. The van der Waals surface area contributed by atoms with Gasteiger partial charge in [0.1, 0.15) is 0 Å². The second-order valence-corrected chi connectivity index (χ2v) is 3.90. The van der Waals surface area contributed by atoms with E-state index in [9.17, 15) is 4.21 Å². The summed E-state index contributed by atoms with van der Waals surface area (Å²) in [6, 6.07) is 0. The summed E-state index contributed by atoms with van der Waals surface area (Å²) in [6.45, 7) is 2.59. The Balaban J connectivity index is 2.39. The van der Waals surface area contributed by atoms with Gasteiger partial charge in [0, 0.05) is 25.9 Å². The molecule has 0 aromatic heterocycles. The zero-order chi connectivity index (χ0) is 8.27. The first-order valence-corrected chi connectivity index (χ1v) is 5.15. The zero-order valence-corrected chi connectivity index (χ0v) is 7.47. The van der Waals surface area contributed by atoms with E-state index >= 15 is 0 Å². The third-order valence-electron chi connectivity index (χ3n) is 1.73. The van der Waals surface area contributed by atoms with Crippen LogP contribution in [0.3, 0.4) is 0 Å². The lowest BCUT2D eigenvalue weighted by Crippen LogP contribution is -2.45. The fraction of sp³-hybridized carbons (Fsp3) is 1.00. The van der Waals surface area contributed by atoms with Gasteiger partial charge < -0.3 is 10.5 Å². The van der Waals surface area contributed by atoms with Crippen LogP contribution in [0.2, 0.25) is 0 Å². The topological polar surface area (TPSA) is 55.6 Å². The molecular weight excluding hydrogens is 164 g/mol. The molecule has 0 spiro atoms. The number of ether oxygens (including phenoxy) is 1. The maximum Gasteiger partial charge on any atom is 0.0912 e. The predicted molar refractivity (Wildman–Crippen MR) is 44.4 cm³/mol. The van der Waals surface area contributed by atoms with Crippen molar-refractivity contribution >= 4 is 11.0 Å². The van der Waals surface area contributed by atoms with Crippen molar-refractivity contribution in [2.45, 2.75) is 6.10 Å². The fourth-order valence-electron chi connectivity index (χ4n) is 1.07. The Hall–Kier alpha value is 0.0300. The molecule has 1 saturated heterocycles. The molecule has 2 atom stereocenters. The molecule has 0 radical (unpaired) electrons. The highest BCUT2D eigenvalue weighted by molar-refractivity contribution is 7.81. The molecule has 0 aromatic carbocycles. The minimum absolute atomic E-state index is 0.0626. The lowest BCUT2D eigenvalue weighted by Gasteiger charge is -2.29. The Kier molecular flexibility index (Phi) is 3.45. The number of morpholine rings is 1. The van der Waals surface area contributed by atoms with Gasteiger partial charge in [0.25, 0.3) is 0 Å². The monoisotopic (exact) mass is 178 g/mol. The number of hydrogen-bond acceptors (Lipinski definition) is 3. The van der Waals surface area contributed by atoms with Crippen LogP contribution in [0.5, 0.6) is 0 Å². The molecular formula is C6H14N2O2S. The maximum absolute atomic E-state index is 11.0. The van der Waals surface area contributed by atoms with E-state index < -0.39 is 11.0 Å². The third kappa shape index (κ3) is 2.52. The number of rotatable bonds is 2. The van der Waals surface area contributed by atoms with Crippen molar-refractivity contribution in [1.29, 1.82) is 0 Å². The summed E-state index contributed by atoms with van der Waals surface area (Å²) in [4.78, 5) is 0. The third-order valence-corrected chi connectivity index (χ3v) is 2.79. The van der Waals surface area contributed by atoms with Crippen molar-refractivity contribution in [2.24, 2.45) is 5.73 Å². The van der Waals surface area contributed by atoms with Crippen molar-refractivity contribution in [3.63, 3.8) is 0 Å². The van der Waals surface area contributed by atoms with Crippen molar-refractivity contribution in [3.05, 3.63) is 0 Å². The highest BCUT2D eigenvalue weighted by Crippen LogP contribution is 2.04. The van der Waals surface area contributed by atoms with Crippen LogP contribution in [-0.4, -0.2) is 47.1 Å². The smallest absolute Gasteiger partial charge is 0.0912 e. The lowest BCUT2D eigenvalue weighted by atomic mass is 10.3. The molecule has 66 valence electrons. The van der Waals surface area contributed by atoms with Gasteiger partial charge in [-0.25, -0.2) is 8.51 Å². The SMILES string of the molecule is CS(=O)N1CCOC(CN)C1. The van der Waals surface area contributed by atoms with Gasteiger partial charge in [0.05, 0.1) is 23.7 Å². The van der Waals surface area contributed by atoms with Crippen LogP contribution in [-0.2, 0) is 15.7 Å². The van der Waals surface area contributed by atoms with Crippen LogP contribution in [0.15, 0.2) is 0 Å². The molecule has 1 aliphatic rings. The van der Waals surface area contributed by atoms with Crippen molar-refractivity contribution in [2.75, 3.05) is 32.5 Å². The van der Waals surface area contributed by atoms with Gasteiger partial charge in [0.2, 0.25) is 0 Å². The highest BCUT2D eigenvalue weighted by Gasteiger charge is 2.20. The molecule has 11 heavy (non-hydrogen) atoms.